The Morgan fingerprint density at radius 2 is 1.76 bits per heavy atom. The van der Waals surface area contributed by atoms with E-state index >= 15 is 0 Å². The second-order valence-corrected chi connectivity index (χ2v) is 11.4. The molecule has 4 atom stereocenters. The van der Waals surface area contributed by atoms with Gasteiger partial charge in [-0.2, -0.15) is 0 Å². The van der Waals surface area contributed by atoms with E-state index < -0.39 is 11.4 Å². The van der Waals surface area contributed by atoms with Crippen molar-refractivity contribution in [2.45, 2.75) is 12.8 Å². The van der Waals surface area contributed by atoms with E-state index in [0.717, 1.165) is 45.2 Å². The van der Waals surface area contributed by atoms with E-state index in [1.807, 2.05) is 49.5 Å². The minimum absolute atomic E-state index is 0.0223. The molecule has 0 saturated heterocycles. The average Bonchev–Trinajstić information content (AvgIpc) is 2.99. The first kappa shape index (κ1) is 25.8. The molecule has 7 rings (SSSR count). The number of fused-ring (bicyclic) bond motifs is 4. The zero-order chi connectivity index (χ0) is 29.2. The summed E-state index contributed by atoms with van der Waals surface area (Å²) in [6.07, 6.45) is 19.7. The molecule has 6 nitrogen and oxygen atoms in total. The van der Waals surface area contributed by atoms with Crippen LogP contribution >= 0.6 is 0 Å². The SMILES string of the molecule is CN(C1=CC2C=CC3=C(OC4=C5C=CC(=O)C=C5C=CC4C3c3ccccc3C(=O)O)C2(C)C=C1)c1ccc(O)cc1. The third kappa shape index (κ3) is 3.94. The highest BCUT2D eigenvalue weighted by Crippen LogP contribution is 2.57. The van der Waals surface area contributed by atoms with Gasteiger partial charge in [0.05, 0.1) is 11.0 Å². The molecule has 42 heavy (non-hydrogen) atoms. The summed E-state index contributed by atoms with van der Waals surface area (Å²) in [6, 6.07) is 14.3. The molecule has 0 fully saturated rings. The summed E-state index contributed by atoms with van der Waals surface area (Å²) < 4.78 is 6.90. The summed E-state index contributed by atoms with van der Waals surface area (Å²) in [5.74, 6) is 0.151. The van der Waals surface area contributed by atoms with Crippen molar-refractivity contribution in [3.05, 3.63) is 154 Å². The van der Waals surface area contributed by atoms with Crippen LogP contribution in [0, 0.1) is 17.3 Å². The molecule has 0 radical (unpaired) electrons. The van der Waals surface area contributed by atoms with E-state index in [0.29, 0.717) is 0 Å². The van der Waals surface area contributed by atoms with Crippen LogP contribution < -0.4 is 4.90 Å². The zero-order valence-electron chi connectivity index (χ0n) is 23.2. The number of aromatic carboxylic acids is 1. The number of allylic oxidation sites excluding steroid dienone is 13. The molecule has 2 aromatic carbocycles. The van der Waals surface area contributed by atoms with E-state index in [4.69, 9.17) is 4.74 Å². The van der Waals surface area contributed by atoms with E-state index in [1.165, 1.54) is 0 Å². The fourth-order valence-corrected chi connectivity index (χ4v) is 6.71. The van der Waals surface area contributed by atoms with Gasteiger partial charge in [0.1, 0.15) is 17.3 Å². The predicted octanol–water partition coefficient (Wildman–Crippen LogP) is 6.75. The number of carboxylic acids is 1. The first-order valence-electron chi connectivity index (χ1n) is 14.0. The summed E-state index contributed by atoms with van der Waals surface area (Å²) in [5.41, 5.74) is 5.04. The maximum Gasteiger partial charge on any atom is 0.335 e. The number of hydrogen-bond acceptors (Lipinski definition) is 5. The van der Waals surface area contributed by atoms with Crippen LogP contribution in [0.15, 0.2) is 143 Å². The number of carboxylic acid groups (broad SMARTS) is 1. The average molecular weight is 556 g/mol. The highest BCUT2D eigenvalue weighted by atomic mass is 16.5. The number of anilines is 1. The summed E-state index contributed by atoms with van der Waals surface area (Å²) in [7, 11) is 1.99. The van der Waals surface area contributed by atoms with Crippen LogP contribution in [0.2, 0.25) is 0 Å². The lowest BCUT2D eigenvalue weighted by Crippen LogP contribution is -2.39. The Hall–Kier alpha value is -5.10. The number of rotatable bonds is 4. The van der Waals surface area contributed by atoms with Crippen LogP contribution in [-0.4, -0.2) is 29.0 Å². The highest BCUT2D eigenvalue weighted by Gasteiger charge is 2.49. The Balaban J connectivity index is 1.37. The van der Waals surface area contributed by atoms with Gasteiger partial charge in [0.25, 0.3) is 0 Å². The third-order valence-electron chi connectivity index (χ3n) is 9.01. The minimum atomic E-state index is -0.969. The molecule has 0 bridgehead atoms. The number of phenols is 1. The van der Waals surface area contributed by atoms with Crippen LogP contribution in [-0.2, 0) is 9.53 Å². The largest absolute Gasteiger partial charge is 0.508 e. The van der Waals surface area contributed by atoms with Crippen molar-refractivity contribution in [1.82, 2.24) is 0 Å². The first-order chi connectivity index (χ1) is 20.2. The van der Waals surface area contributed by atoms with Crippen molar-refractivity contribution in [1.29, 1.82) is 0 Å². The number of benzene rings is 2. The van der Waals surface area contributed by atoms with Gasteiger partial charge in [0, 0.05) is 41.8 Å². The van der Waals surface area contributed by atoms with Gasteiger partial charge < -0.3 is 19.8 Å². The number of carbonyl (C=O) groups is 2. The molecule has 0 spiro atoms. The molecule has 0 amide bonds. The van der Waals surface area contributed by atoms with E-state index in [2.05, 4.69) is 42.2 Å². The van der Waals surface area contributed by atoms with Crippen LogP contribution in [0.5, 0.6) is 5.75 Å². The predicted molar refractivity (Wildman–Crippen MR) is 161 cm³/mol. The molecule has 4 unspecified atom stereocenters. The summed E-state index contributed by atoms with van der Waals surface area (Å²) >= 11 is 0. The number of aromatic hydroxyl groups is 1. The third-order valence-corrected chi connectivity index (χ3v) is 9.01. The monoisotopic (exact) mass is 555 g/mol. The van der Waals surface area contributed by atoms with Gasteiger partial charge in [-0.25, -0.2) is 4.79 Å². The van der Waals surface area contributed by atoms with Crippen molar-refractivity contribution >= 4 is 17.4 Å². The van der Waals surface area contributed by atoms with Crippen molar-refractivity contribution in [2.75, 3.05) is 11.9 Å². The van der Waals surface area contributed by atoms with Crippen LogP contribution in [0.4, 0.5) is 5.69 Å². The Morgan fingerprint density at radius 1 is 0.976 bits per heavy atom. The molecule has 1 heterocycles. The van der Waals surface area contributed by atoms with Crippen molar-refractivity contribution in [3.8, 4) is 5.75 Å². The van der Waals surface area contributed by atoms with E-state index in [9.17, 15) is 19.8 Å². The fraction of sp³-hybridized carbons (Fsp3) is 0.167. The highest BCUT2D eigenvalue weighted by molar-refractivity contribution is 6.03. The number of nitrogens with zero attached hydrogens (tertiary/aromatic N) is 1. The molecular formula is C36H29NO5. The smallest absolute Gasteiger partial charge is 0.335 e. The maximum absolute atomic E-state index is 12.4. The zero-order valence-corrected chi connectivity index (χ0v) is 23.2. The molecule has 2 N–H and O–H groups in total. The lowest BCUT2D eigenvalue weighted by molar-refractivity contribution is -0.110. The van der Waals surface area contributed by atoms with Crippen LogP contribution in [0.3, 0.4) is 0 Å². The Bertz CT molecular complexity index is 1800. The normalized spacial score (nSPS) is 26.9. The van der Waals surface area contributed by atoms with Crippen molar-refractivity contribution < 1.29 is 24.5 Å². The van der Waals surface area contributed by atoms with Gasteiger partial charge in [-0.05, 0) is 78.3 Å². The number of carbonyl (C=O) groups excluding carboxylic acids is 1. The molecule has 6 heteroatoms. The lowest BCUT2D eigenvalue weighted by Gasteiger charge is -2.47. The van der Waals surface area contributed by atoms with Gasteiger partial charge in [-0.3, -0.25) is 4.79 Å². The summed E-state index contributed by atoms with van der Waals surface area (Å²) in [4.78, 5) is 26.6. The number of ketones is 1. The van der Waals surface area contributed by atoms with Gasteiger partial charge in [0.15, 0.2) is 5.78 Å². The molecule has 0 saturated carbocycles. The van der Waals surface area contributed by atoms with Crippen LogP contribution in [0.25, 0.3) is 0 Å². The number of phenolic OH excluding ortho intramolecular Hbond substituents is 1. The molecule has 2 aromatic rings. The number of ether oxygens (including phenoxy) is 1. The van der Waals surface area contributed by atoms with E-state index in [-0.39, 0.29) is 34.8 Å². The van der Waals surface area contributed by atoms with Gasteiger partial charge in [0.2, 0.25) is 0 Å². The molecule has 208 valence electrons. The first-order valence-corrected chi connectivity index (χ1v) is 14.0. The molecule has 4 aliphatic carbocycles. The number of likely N-dealkylation sites (N-methyl/N-ethyl adjacent to an activating group) is 1. The maximum atomic E-state index is 12.4. The van der Waals surface area contributed by atoms with Gasteiger partial charge in [-0.15, -0.1) is 0 Å². The van der Waals surface area contributed by atoms with Gasteiger partial charge in [-0.1, -0.05) is 54.7 Å². The molecular weight excluding hydrogens is 526 g/mol. The fourth-order valence-electron chi connectivity index (χ4n) is 6.71. The molecule has 5 aliphatic rings. The quantitative estimate of drug-likeness (QED) is 0.434. The Labute approximate surface area is 243 Å². The molecule has 1 aliphatic heterocycles. The second-order valence-electron chi connectivity index (χ2n) is 11.4. The standard InChI is InChI=1S/C36H29NO5/c1-36-18-17-24(37(2)23-9-11-25(38)12-10-23)20-22(36)8-15-31-32(28-5-3-4-6-29(28)35(40)41)30-14-7-21-19-26(39)13-16-27(21)33(30)42-34(31)36/h3-20,22,30,32,38H,1-2H3,(H,40,41). The van der Waals surface area contributed by atoms with Crippen LogP contribution in [0.1, 0.15) is 28.8 Å². The topological polar surface area (TPSA) is 87.1 Å². The minimum Gasteiger partial charge on any atom is -0.508 e. The van der Waals surface area contributed by atoms with Gasteiger partial charge >= 0.3 is 5.97 Å². The Kier molecular flexibility index (Phi) is 5.84. The Morgan fingerprint density at radius 3 is 2.55 bits per heavy atom. The van der Waals surface area contributed by atoms with Crippen molar-refractivity contribution in [3.63, 3.8) is 0 Å². The summed E-state index contributed by atoms with van der Waals surface area (Å²) in [6.45, 7) is 2.15. The molecule has 0 aromatic heterocycles. The summed E-state index contributed by atoms with van der Waals surface area (Å²) in [5, 5.41) is 19.9. The van der Waals surface area contributed by atoms with E-state index in [1.54, 1.807) is 36.4 Å². The second kappa shape index (κ2) is 9.48. The number of hydrogen-bond donors (Lipinski definition) is 2. The van der Waals surface area contributed by atoms with Crippen molar-refractivity contribution in [2.24, 2.45) is 17.3 Å². The lowest BCUT2D eigenvalue weighted by atomic mass is 9.63.